The standard InChI is InChI=1S/2C7H13NO.2ClH/c2*9-7-2-1-5-3-8-4-6(5)7;;/h2*5-9H,1-4H2;2*1H/t2*5-,6+,7+;;/m10../s1. The molecule has 0 radical (unpaired) electrons. The van der Waals surface area contributed by atoms with Gasteiger partial charge in [0.15, 0.2) is 0 Å². The van der Waals surface area contributed by atoms with Crippen molar-refractivity contribution in [2.45, 2.75) is 37.9 Å². The normalized spacial score (nSPS) is 44.7. The van der Waals surface area contributed by atoms with Gasteiger partial charge < -0.3 is 20.8 Å². The van der Waals surface area contributed by atoms with Gasteiger partial charge in [0.2, 0.25) is 0 Å². The topological polar surface area (TPSA) is 64.5 Å². The van der Waals surface area contributed by atoms with E-state index in [0.29, 0.717) is 11.8 Å². The summed E-state index contributed by atoms with van der Waals surface area (Å²) in [5.74, 6) is 2.76. The predicted molar refractivity (Wildman–Crippen MR) is 84.7 cm³/mol. The van der Waals surface area contributed by atoms with Crippen LogP contribution in [0.3, 0.4) is 0 Å². The summed E-state index contributed by atoms with van der Waals surface area (Å²) in [5, 5.41) is 25.3. The summed E-state index contributed by atoms with van der Waals surface area (Å²) < 4.78 is 0. The van der Waals surface area contributed by atoms with Gasteiger partial charge in [0.25, 0.3) is 0 Å². The number of fused-ring (bicyclic) bond motifs is 2. The molecule has 0 bridgehead atoms. The lowest BCUT2D eigenvalue weighted by Gasteiger charge is -2.09. The zero-order valence-electron chi connectivity index (χ0n) is 11.8. The minimum absolute atomic E-state index is 0. The van der Waals surface area contributed by atoms with Crippen molar-refractivity contribution in [3.8, 4) is 0 Å². The molecule has 0 spiro atoms. The minimum Gasteiger partial charge on any atom is -0.393 e. The highest BCUT2D eigenvalue weighted by Crippen LogP contribution is 2.34. The molecule has 0 amide bonds. The van der Waals surface area contributed by atoms with Crippen molar-refractivity contribution in [1.82, 2.24) is 10.6 Å². The van der Waals surface area contributed by atoms with Crippen LogP contribution in [-0.4, -0.2) is 48.6 Å². The Morgan fingerprint density at radius 1 is 0.600 bits per heavy atom. The highest BCUT2D eigenvalue weighted by atomic mass is 35.5. The summed E-state index contributed by atoms with van der Waals surface area (Å²) in [4.78, 5) is 0. The summed E-state index contributed by atoms with van der Waals surface area (Å²) in [7, 11) is 0. The maximum atomic E-state index is 9.36. The second-order valence-corrected chi connectivity index (χ2v) is 6.45. The molecule has 6 atom stereocenters. The first kappa shape index (κ1) is 18.5. The number of hydrogen-bond acceptors (Lipinski definition) is 4. The lowest BCUT2D eigenvalue weighted by Crippen LogP contribution is -2.19. The van der Waals surface area contributed by atoms with Gasteiger partial charge in [0, 0.05) is 24.9 Å². The lowest BCUT2D eigenvalue weighted by atomic mass is 10.00. The van der Waals surface area contributed by atoms with Crippen molar-refractivity contribution in [3.05, 3.63) is 0 Å². The van der Waals surface area contributed by atoms with Crippen LogP contribution in [0.15, 0.2) is 0 Å². The first-order valence-electron chi connectivity index (χ1n) is 7.53. The van der Waals surface area contributed by atoms with Crippen LogP contribution in [0.2, 0.25) is 0 Å². The van der Waals surface area contributed by atoms with E-state index in [1.54, 1.807) is 0 Å². The van der Waals surface area contributed by atoms with Gasteiger partial charge in [-0.15, -0.1) is 24.8 Å². The molecule has 0 aromatic rings. The molecule has 120 valence electrons. The third-order valence-electron chi connectivity index (χ3n) is 5.44. The Morgan fingerprint density at radius 2 is 1.00 bits per heavy atom. The van der Waals surface area contributed by atoms with Crippen molar-refractivity contribution < 1.29 is 10.2 Å². The Morgan fingerprint density at radius 3 is 1.35 bits per heavy atom. The smallest absolute Gasteiger partial charge is 0.0583 e. The van der Waals surface area contributed by atoms with Crippen molar-refractivity contribution in [3.63, 3.8) is 0 Å². The van der Waals surface area contributed by atoms with Crippen LogP contribution in [-0.2, 0) is 0 Å². The van der Waals surface area contributed by atoms with E-state index in [1.165, 1.54) is 12.8 Å². The molecule has 4 rings (SSSR count). The molecule has 0 unspecified atom stereocenters. The van der Waals surface area contributed by atoms with Gasteiger partial charge >= 0.3 is 0 Å². The highest BCUT2D eigenvalue weighted by molar-refractivity contribution is 5.85. The van der Waals surface area contributed by atoms with Crippen molar-refractivity contribution >= 4 is 24.8 Å². The summed E-state index contributed by atoms with van der Waals surface area (Å²) in [6, 6.07) is 0. The van der Waals surface area contributed by atoms with E-state index in [-0.39, 0.29) is 37.0 Å². The molecule has 4 aliphatic rings. The van der Waals surface area contributed by atoms with E-state index in [0.717, 1.165) is 50.9 Å². The molecule has 0 aromatic heterocycles. The van der Waals surface area contributed by atoms with Gasteiger partial charge in [-0.3, -0.25) is 0 Å². The summed E-state index contributed by atoms with van der Waals surface area (Å²) in [6.45, 7) is 4.38. The van der Waals surface area contributed by atoms with Crippen LogP contribution in [0.1, 0.15) is 25.7 Å². The molecular formula is C14H28Cl2N2O2. The molecule has 6 heteroatoms. The molecule has 4 nitrogen and oxygen atoms in total. The van der Waals surface area contributed by atoms with Gasteiger partial charge in [0.1, 0.15) is 0 Å². The van der Waals surface area contributed by atoms with Gasteiger partial charge in [0.05, 0.1) is 12.2 Å². The second kappa shape index (κ2) is 8.16. The van der Waals surface area contributed by atoms with Crippen molar-refractivity contribution in [1.29, 1.82) is 0 Å². The van der Waals surface area contributed by atoms with Crippen LogP contribution < -0.4 is 10.6 Å². The van der Waals surface area contributed by atoms with E-state index < -0.39 is 0 Å². The molecule has 2 saturated heterocycles. The van der Waals surface area contributed by atoms with E-state index in [2.05, 4.69) is 10.6 Å². The van der Waals surface area contributed by atoms with E-state index in [9.17, 15) is 10.2 Å². The molecule has 2 aliphatic heterocycles. The third kappa shape index (κ3) is 3.79. The van der Waals surface area contributed by atoms with E-state index >= 15 is 0 Å². The Balaban J connectivity index is 0.000000182. The van der Waals surface area contributed by atoms with E-state index in [4.69, 9.17) is 0 Å². The first-order chi connectivity index (χ1) is 8.75. The minimum atomic E-state index is 0. The molecule has 20 heavy (non-hydrogen) atoms. The van der Waals surface area contributed by atoms with Gasteiger partial charge in [-0.25, -0.2) is 0 Å². The van der Waals surface area contributed by atoms with Gasteiger partial charge in [-0.1, -0.05) is 0 Å². The third-order valence-corrected chi connectivity index (χ3v) is 5.44. The summed E-state index contributed by atoms with van der Waals surface area (Å²) >= 11 is 0. The molecule has 2 heterocycles. The molecule has 2 saturated carbocycles. The monoisotopic (exact) mass is 326 g/mol. The Labute approximate surface area is 133 Å². The Hall–Kier alpha value is 0.420. The quantitative estimate of drug-likeness (QED) is 0.531. The number of nitrogens with one attached hydrogen (secondary N) is 2. The summed E-state index contributed by atoms with van der Waals surface area (Å²) in [6.07, 6.45) is 4.56. The van der Waals surface area contributed by atoms with Crippen LogP contribution in [0, 0.1) is 23.7 Å². The highest BCUT2D eigenvalue weighted by Gasteiger charge is 2.38. The lowest BCUT2D eigenvalue weighted by molar-refractivity contribution is 0.132. The average Bonchev–Trinajstić information content (AvgIpc) is 3.06. The average molecular weight is 327 g/mol. The van der Waals surface area contributed by atoms with Crippen LogP contribution in [0.5, 0.6) is 0 Å². The van der Waals surface area contributed by atoms with Crippen LogP contribution in [0.4, 0.5) is 0 Å². The molecule has 0 aromatic carbocycles. The maximum Gasteiger partial charge on any atom is 0.0583 e. The summed E-state index contributed by atoms with van der Waals surface area (Å²) in [5.41, 5.74) is 0. The predicted octanol–water partition coefficient (Wildman–Crippen LogP) is 0.797. The molecular weight excluding hydrogens is 299 g/mol. The number of hydrogen-bond donors (Lipinski definition) is 4. The van der Waals surface area contributed by atoms with Crippen molar-refractivity contribution in [2.24, 2.45) is 23.7 Å². The Bertz CT molecular complexity index is 268. The van der Waals surface area contributed by atoms with Crippen LogP contribution in [0.25, 0.3) is 0 Å². The van der Waals surface area contributed by atoms with Gasteiger partial charge in [-0.2, -0.15) is 0 Å². The fraction of sp³-hybridized carbons (Fsp3) is 1.00. The zero-order chi connectivity index (χ0) is 12.5. The fourth-order valence-electron chi connectivity index (χ4n) is 4.24. The number of rotatable bonds is 0. The maximum absolute atomic E-state index is 9.36. The van der Waals surface area contributed by atoms with Crippen molar-refractivity contribution in [2.75, 3.05) is 26.2 Å². The SMILES string of the molecule is Cl.Cl.O[C@@H]1CC[C@H]2CNC[C@H]21.O[C@H]1CC[C@@H]2CNC[C@@H]21. The first-order valence-corrected chi connectivity index (χ1v) is 7.53. The molecule has 2 aliphatic carbocycles. The number of halogens is 2. The zero-order valence-corrected chi connectivity index (χ0v) is 13.5. The van der Waals surface area contributed by atoms with E-state index in [1.807, 2.05) is 0 Å². The number of aliphatic hydroxyl groups excluding tert-OH is 2. The van der Waals surface area contributed by atoms with Crippen LogP contribution >= 0.6 is 24.8 Å². The molecule has 4 fully saturated rings. The fourth-order valence-corrected chi connectivity index (χ4v) is 4.24. The number of aliphatic hydroxyl groups is 2. The molecule has 4 N–H and O–H groups in total. The Kier molecular flexibility index (Phi) is 7.53. The van der Waals surface area contributed by atoms with Gasteiger partial charge in [-0.05, 0) is 50.6 Å². The second-order valence-electron chi connectivity index (χ2n) is 6.45. The largest absolute Gasteiger partial charge is 0.393 e.